The lowest BCUT2D eigenvalue weighted by molar-refractivity contribution is 0.621. The fraction of sp³-hybridized carbons (Fsp3) is 0.250. The van der Waals surface area contributed by atoms with Gasteiger partial charge in [0.25, 0.3) is 0 Å². The molecule has 1 heterocycles. The normalized spacial score (nSPS) is 11.7. The van der Waals surface area contributed by atoms with E-state index in [2.05, 4.69) is 9.98 Å². The predicted molar refractivity (Wildman–Crippen MR) is 45.5 cm³/mol. The van der Waals surface area contributed by atoms with Crippen LogP contribution in [0, 0.1) is 5.82 Å². The van der Waals surface area contributed by atoms with Gasteiger partial charge in [-0.05, 0) is 19.1 Å². The highest BCUT2D eigenvalue weighted by atomic mass is 19.1. The molecule has 1 aromatic rings. The Balaban J connectivity index is 2.89. The summed E-state index contributed by atoms with van der Waals surface area (Å²) in [5.74, 6) is -0.0273. The average molecular weight is 167 g/mol. The summed E-state index contributed by atoms with van der Waals surface area (Å²) in [4.78, 5) is 7.70. The van der Waals surface area contributed by atoms with Crippen molar-refractivity contribution in [3.63, 3.8) is 0 Å². The maximum Gasteiger partial charge on any atom is 0.144 e. The van der Waals surface area contributed by atoms with Gasteiger partial charge in [0, 0.05) is 6.54 Å². The lowest BCUT2D eigenvalue weighted by atomic mass is 10.3. The van der Waals surface area contributed by atoms with Crippen LogP contribution >= 0.6 is 0 Å². The molecule has 0 aliphatic carbocycles. The first kappa shape index (κ1) is 8.64. The van der Waals surface area contributed by atoms with Gasteiger partial charge in [-0.2, -0.15) is 0 Å². The van der Waals surface area contributed by atoms with Crippen LogP contribution in [-0.2, 0) is 0 Å². The number of rotatable bonds is 2. The first-order valence-electron chi connectivity index (χ1n) is 3.66. The third kappa shape index (κ3) is 2.02. The van der Waals surface area contributed by atoms with Crippen molar-refractivity contribution in [3.8, 4) is 0 Å². The fourth-order valence-corrected chi connectivity index (χ4v) is 0.779. The fourth-order valence-electron chi connectivity index (χ4n) is 0.779. The van der Waals surface area contributed by atoms with Gasteiger partial charge in [0.1, 0.15) is 17.3 Å². The molecular formula is C8H10FN3. The Morgan fingerprint density at radius 1 is 1.67 bits per heavy atom. The lowest BCUT2D eigenvalue weighted by Crippen LogP contribution is -2.15. The van der Waals surface area contributed by atoms with Crippen molar-refractivity contribution >= 4 is 5.84 Å². The highest BCUT2D eigenvalue weighted by Crippen LogP contribution is 1.97. The quantitative estimate of drug-likeness (QED) is 0.526. The molecule has 0 bridgehead atoms. The standard InChI is InChI=1S/C8H10FN3/c1-2-11-8(10)7-4-3-6(9)5-12-7/h3-5H,2H2,1H3,(H2,10,11). The van der Waals surface area contributed by atoms with Gasteiger partial charge >= 0.3 is 0 Å². The number of hydrogen-bond donors (Lipinski definition) is 1. The SMILES string of the molecule is CCN=C(N)c1ccc(F)cn1. The number of aromatic nitrogens is 1. The van der Waals surface area contributed by atoms with Crippen molar-refractivity contribution in [2.75, 3.05) is 6.54 Å². The Kier molecular flexibility index (Phi) is 2.74. The van der Waals surface area contributed by atoms with Crippen LogP contribution in [0.1, 0.15) is 12.6 Å². The molecule has 3 nitrogen and oxygen atoms in total. The maximum absolute atomic E-state index is 12.4. The van der Waals surface area contributed by atoms with Crippen LogP contribution < -0.4 is 5.73 Å². The molecule has 0 aromatic carbocycles. The van der Waals surface area contributed by atoms with Crippen molar-refractivity contribution in [3.05, 3.63) is 29.8 Å². The van der Waals surface area contributed by atoms with E-state index in [1.807, 2.05) is 6.92 Å². The van der Waals surface area contributed by atoms with Gasteiger partial charge in [0.15, 0.2) is 0 Å². The van der Waals surface area contributed by atoms with Gasteiger partial charge in [-0.15, -0.1) is 0 Å². The Labute approximate surface area is 70.1 Å². The topological polar surface area (TPSA) is 51.3 Å². The van der Waals surface area contributed by atoms with E-state index >= 15 is 0 Å². The van der Waals surface area contributed by atoms with E-state index in [0.29, 0.717) is 18.1 Å². The second-order valence-corrected chi connectivity index (χ2v) is 2.22. The van der Waals surface area contributed by atoms with Crippen LogP contribution in [0.5, 0.6) is 0 Å². The van der Waals surface area contributed by atoms with E-state index < -0.39 is 0 Å². The Morgan fingerprint density at radius 2 is 2.42 bits per heavy atom. The molecule has 1 rings (SSSR count). The zero-order valence-corrected chi connectivity index (χ0v) is 6.79. The van der Waals surface area contributed by atoms with Gasteiger partial charge in [0.05, 0.1) is 6.20 Å². The van der Waals surface area contributed by atoms with E-state index in [0.717, 1.165) is 6.20 Å². The second kappa shape index (κ2) is 3.80. The van der Waals surface area contributed by atoms with Crippen LogP contribution in [0.2, 0.25) is 0 Å². The van der Waals surface area contributed by atoms with Crippen LogP contribution in [0.3, 0.4) is 0 Å². The molecule has 64 valence electrons. The number of nitrogens with zero attached hydrogens (tertiary/aromatic N) is 2. The summed E-state index contributed by atoms with van der Waals surface area (Å²) in [6.07, 6.45) is 1.12. The first-order chi connectivity index (χ1) is 5.74. The Morgan fingerprint density at radius 3 is 2.92 bits per heavy atom. The summed E-state index contributed by atoms with van der Waals surface area (Å²) in [5.41, 5.74) is 6.03. The molecule has 0 unspecified atom stereocenters. The summed E-state index contributed by atoms with van der Waals surface area (Å²) in [6.45, 7) is 2.47. The highest BCUT2D eigenvalue weighted by molar-refractivity contribution is 5.95. The minimum absolute atomic E-state index is 0.345. The van der Waals surface area contributed by atoms with Crippen molar-refractivity contribution in [1.82, 2.24) is 4.98 Å². The third-order valence-electron chi connectivity index (χ3n) is 1.32. The molecule has 4 heteroatoms. The van der Waals surface area contributed by atoms with E-state index in [-0.39, 0.29) is 5.82 Å². The predicted octanol–water partition coefficient (Wildman–Crippen LogP) is 0.946. The molecule has 0 amide bonds. The van der Waals surface area contributed by atoms with E-state index in [1.54, 1.807) is 0 Å². The summed E-state index contributed by atoms with van der Waals surface area (Å²) in [7, 11) is 0. The number of aliphatic imine (C=N–C) groups is 1. The van der Waals surface area contributed by atoms with Crippen molar-refractivity contribution in [1.29, 1.82) is 0 Å². The van der Waals surface area contributed by atoms with Gasteiger partial charge in [0.2, 0.25) is 0 Å². The zero-order chi connectivity index (χ0) is 8.97. The molecule has 2 N–H and O–H groups in total. The van der Waals surface area contributed by atoms with Crippen LogP contribution in [0.4, 0.5) is 4.39 Å². The van der Waals surface area contributed by atoms with Crippen molar-refractivity contribution < 1.29 is 4.39 Å². The Bertz CT molecular complexity index is 279. The zero-order valence-electron chi connectivity index (χ0n) is 6.79. The smallest absolute Gasteiger partial charge is 0.144 e. The summed E-state index contributed by atoms with van der Waals surface area (Å²) in [6, 6.07) is 2.81. The minimum Gasteiger partial charge on any atom is -0.382 e. The average Bonchev–Trinajstić information content (AvgIpc) is 2.06. The van der Waals surface area contributed by atoms with Crippen LogP contribution in [0.25, 0.3) is 0 Å². The molecule has 0 aliphatic rings. The Hall–Kier alpha value is -1.45. The second-order valence-electron chi connectivity index (χ2n) is 2.22. The van der Waals surface area contributed by atoms with E-state index in [4.69, 9.17) is 5.73 Å². The molecule has 12 heavy (non-hydrogen) atoms. The van der Waals surface area contributed by atoms with Gasteiger partial charge in [-0.25, -0.2) is 9.37 Å². The molecule has 0 spiro atoms. The molecule has 1 aromatic heterocycles. The lowest BCUT2D eigenvalue weighted by Gasteiger charge is -1.97. The van der Waals surface area contributed by atoms with E-state index in [9.17, 15) is 4.39 Å². The maximum atomic E-state index is 12.4. The molecular weight excluding hydrogens is 157 g/mol. The number of amidine groups is 1. The number of halogens is 1. The summed E-state index contributed by atoms with van der Waals surface area (Å²) in [5, 5.41) is 0. The van der Waals surface area contributed by atoms with Gasteiger partial charge in [-0.1, -0.05) is 0 Å². The molecule has 0 saturated heterocycles. The number of nitrogens with two attached hydrogens (primary N) is 1. The van der Waals surface area contributed by atoms with Gasteiger partial charge in [-0.3, -0.25) is 4.99 Å². The van der Waals surface area contributed by atoms with Crippen LogP contribution in [0.15, 0.2) is 23.3 Å². The molecule has 0 fully saturated rings. The molecule has 0 radical (unpaired) electrons. The monoisotopic (exact) mass is 167 g/mol. The summed E-state index contributed by atoms with van der Waals surface area (Å²) < 4.78 is 12.4. The minimum atomic E-state index is -0.372. The van der Waals surface area contributed by atoms with Gasteiger partial charge < -0.3 is 5.73 Å². The first-order valence-corrected chi connectivity index (χ1v) is 3.66. The molecule has 0 aliphatic heterocycles. The number of hydrogen-bond acceptors (Lipinski definition) is 2. The highest BCUT2D eigenvalue weighted by Gasteiger charge is 1.98. The largest absolute Gasteiger partial charge is 0.382 e. The molecule has 0 saturated carbocycles. The number of pyridine rings is 1. The van der Waals surface area contributed by atoms with Crippen LogP contribution in [-0.4, -0.2) is 17.4 Å². The third-order valence-corrected chi connectivity index (χ3v) is 1.32. The van der Waals surface area contributed by atoms with Crippen molar-refractivity contribution in [2.45, 2.75) is 6.92 Å². The summed E-state index contributed by atoms with van der Waals surface area (Å²) >= 11 is 0. The van der Waals surface area contributed by atoms with E-state index in [1.165, 1.54) is 12.1 Å². The van der Waals surface area contributed by atoms with Crippen molar-refractivity contribution in [2.24, 2.45) is 10.7 Å². The molecule has 0 atom stereocenters.